The van der Waals surface area contributed by atoms with Crippen LogP contribution >= 0.6 is 0 Å². The summed E-state index contributed by atoms with van der Waals surface area (Å²) in [5.41, 5.74) is 3.94. The Morgan fingerprint density at radius 2 is 2.03 bits per heavy atom. The first-order valence-corrected chi connectivity index (χ1v) is 10.8. The van der Waals surface area contributed by atoms with Gasteiger partial charge in [-0.15, -0.1) is 0 Å². The van der Waals surface area contributed by atoms with Gasteiger partial charge >= 0.3 is 5.97 Å². The van der Waals surface area contributed by atoms with Gasteiger partial charge in [0, 0.05) is 35.5 Å². The highest BCUT2D eigenvalue weighted by Gasteiger charge is 2.47. The molecule has 0 spiro atoms. The lowest BCUT2D eigenvalue weighted by atomic mass is 9.61. The number of carboxylic acids is 1. The zero-order chi connectivity index (χ0) is 21.1. The minimum atomic E-state index is -0.727. The van der Waals surface area contributed by atoms with Crippen molar-refractivity contribution in [2.75, 3.05) is 5.32 Å². The van der Waals surface area contributed by atoms with Crippen molar-refractivity contribution >= 4 is 33.9 Å². The largest absolute Gasteiger partial charge is 0.481 e. The molecule has 3 aliphatic rings. The molecule has 0 unspecified atom stereocenters. The van der Waals surface area contributed by atoms with E-state index in [0.717, 1.165) is 47.8 Å². The molecular weight excluding hydrogens is 394 g/mol. The van der Waals surface area contributed by atoms with Crippen LogP contribution in [0.2, 0.25) is 0 Å². The van der Waals surface area contributed by atoms with Gasteiger partial charge in [-0.1, -0.05) is 0 Å². The van der Waals surface area contributed by atoms with Crippen LogP contribution in [0.5, 0.6) is 0 Å². The quantitative estimate of drug-likeness (QED) is 0.451. The first-order chi connectivity index (χ1) is 15.1. The van der Waals surface area contributed by atoms with Crippen LogP contribution < -0.4 is 5.32 Å². The van der Waals surface area contributed by atoms with Gasteiger partial charge in [0.15, 0.2) is 17.2 Å². The lowest BCUT2D eigenvalue weighted by Crippen LogP contribution is -2.51. The Labute approximate surface area is 178 Å². The highest BCUT2D eigenvalue weighted by atomic mass is 16.4. The molecule has 2 bridgehead atoms. The highest BCUT2D eigenvalue weighted by molar-refractivity contribution is 5.94. The summed E-state index contributed by atoms with van der Waals surface area (Å²) in [6, 6.07) is 3.71. The van der Waals surface area contributed by atoms with Crippen LogP contribution in [0.1, 0.15) is 31.2 Å². The lowest BCUT2D eigenvalue weighted by molar-refractivity contribution is -0.148. The number of nitrogens with one attached hydrogen (secondary N) is 2. The number of H-pyrrole nitrogens is 1. The minimum Gasteiger partial charge on any atom is -0.481 e. The normalized spacial score (nSPS) is 25.3. The van der Waals surface area contributed by atoms with E-state index < -0.39 is 11.9 Å². The van der Waals surface area contributed by atoms with Crippen molar-refractivity contribution in [2.24, 2.45) is 17.8 Å². The SMILES string of the molecule is Cc1cnc2[nH]cc(-c3nc(N[C@H]4C5CCC(CC5)[C@@H]4C(=O)O)c4occc4n3)c2c1. The van der Waals surface area contributed by atoms with Crippen molar-refractivity contribution in [1.82, 2.24) is 19.9 Å². The Kier molecular flexibility index (Phi) is 4.03. The standard InChI is InChI=1S/C23H23N5O3/c1-11-8-14-15(10-25-20(14)24-9-11)21-26-16-6-7-31-19(16)22(28-21)27-18-13-4-2-12(3-5-13)17(18)23(29)30/h6-10,12-13,17-18H,2-5H2,1H3,(H,24,25)(H,29,30)(H,26,27,28)/t12?,13?,17-,18-/m0/s1. The molecule has 0 amide bonds. The van der Waals surface area contributed by atoms with Crippen LogP contribution in [0.25, 0.3) is 33.5 Å². The molecule has 0 aliphatic heterocycles. The maximum atomic E-state index is 12.1. The number of carbonyl (C=O) groups is 1. The fourth-order valence-corrected chi connectivity index (χ4v) is 5.54. The first kappa shape index (κ1) is 18.4. The predicted molar refractivity (Wildman–Crippen MR) is 116 cm³/mol. The molecule has 7 rings (SSSR count). The number of furan rings is 1. The Hall–Kier alpha value is -3.42. The molecule has 2 atom stereocenters. The number of fused-ring (bicyclic) bond motifs is 5. The van der Waals surface area contributed by atoms with Gasteiger partial charge in [0.2, 0.25) is 0 Å². The number of anilines is 1. The number of carboxylic acid groups (broad SMARTS) is 1. The molecule has 3 fully saturated rings. The molecule has 158 valence electrons. The third kappa shape index (κ3) is 2.89. The first-order valence-electron chi connectivity index (χ1n) is 10.8. The van der Waals surface area contributed by atoms with Gasteiger partial charge in [-0.05, 0) is 56.1 Å². The van der Waals surface area contributed by atoms with E-state index >= 15 is 0 Å². The summed E-state index contributed by atoms with van der Waals surface area (Å²) in [6.07, 6.45) is 9.37. The molecule has 31 heavy (non-hydrogen) atoms. The second-order valence-corrected chi connectivity index (χ2v) is 8.85. The summed E-state index contributed by atoms with van der Waals surface area (Å²) in [5, 5.41) is 14.4. The monoisotopic (exact) mass is 417 g/mol. The van der Waals surface area contributed by atoms with Crippen LogP contribution in [0.4, 0.5) is 5.82 Å². The Balaban J connectivity index is 1.46. The summed E-state index contributed by atoms with van der Waals surface area (Å²) < 4.78 is 5.69. The summed E-state index contributed by atoms with van der Waals surface area (Å²) in [6.45, 7) is 2.00. The second-order valence-electron chi connectivity index (χ2n) is 8.85. The van der Waals surface area contributed by atoms with E-state index in [9.17, 15) is 9.90 Å². The molecule has 4 aromatic rings. The van der Waals surface area contributed by atoms with Crippen molar-refractivity contribution in [3.05, 3.63) is 36.4 Å². The molecule has 0 radical (unpaired) electrons. The Bertz CT molecular complexity index is 1300. The Morgan fingerprint density at radius 3 is 2.84 bits per heavy atom. The summed E-state index contributed by atoms with van der Waals surface area (Å²) >= 11 is 0. The van der Waals surface area contributed by atoms with Gasteiger partial charge in [0.1, 0.15) is 11.2 Å². The molecule has 8 heteroatoms. The van der Waals surface area contributed by atoms with E-state index in [2.05, 4.69) is 21.4 Å². The van der Waals surface area contributed by atoms with Crippen molar-refractivity contribution < 1.29 is 14.3 Å². The number of aromatic amines is 1. The molecule has 3 N–H and O–H groups in total. The van der Waals surface area contributed by atoms with Gasteiger partial charge in [0.05, 0.1) is 12.2 Å². The average molecular weight is 417 g/mol. The fraction of sp³-hybridized carbons (Fsp3) is 0.391. The maximum Gasteiger partial charge on any atom is 0.308 e. The molecule has 3 saturated carbocycles. The molecule has 3 aliphatic carbocycles. The van der Waals surface area contributed by atoms with Gasteiger partial charge in [-0.2, -0.15) is 0 Å². The predicted octanol–water partition coefficient (Wildman–Crippen LogP) is 4.38. The van der Waals surface area contributed by atoms with Crippen molar-refractivity contribution in [1.29, 1.82) is 0 Å². The van der Waals surface area contributed by atoms with Crippen LogP contribution in [0, 0.1) is 24.7 Å². The van der Waals surface area contributed by atoms with Crippen LogP contribution in [0.15, 0.2) is 35.2 Å². The smallest absolute Gasteiger partial charge is 0.308 e. The zero-order valence-corrected chi connectivity index (χ0v) is 17.1. The van der Waals surface area contributed by atoms with Gasteiger partial charge in [-0.25, -0.2) is 15.0 Å². The number of aliphatic carboxylic acids is 1. The molecule has 4 aromatic heterocycles. The number of aromatic nitrogens is 4. The number of hydrogen-bond donors (Lipinski definition) is 3. The van der Waals surface area contributed by atoms with Crippen LogP contribution in [0.3, 0.4) is 0 Å². The minimum absolute atomic E-state index is 0.159. The van der Waals surface area contributed by atoms with Gasteiger partial charge in [-0.3, -0.25) is 4.79 Å². The van der Waals surface area contributed by atoms with E-state index in [0.29, 0.717) is 28.7 Å². The summed E-state index contributed by atoms with van der Waals surface area (Å²) in [7, 11) is 0. The molecule has 0 aromatic carbocycles. The van der Waals surface area contributed by atoms with Crippen molar-refractivity contribution in [3.8, 4) is 11.4 Å². The van der Waals surface area contributed by atoms with Crippen LogP contribution in [-0.2, 0) is 4.79 Å². The van der Waals surface area contributed by atoms with Gasteiger partial charge < -0.3 is 19.8 Å². The topological polar surface area (TPSA) is 117 Å². The number of rotatable bonds is 4. The molecular formula is C23H23N5O3. The fourth-order valence-electron chi connectivity index (χ4n) is 5.54. The zero-order valence-electron chi connectivity index (χ0n) is 17.1. The molecule has 4 heterocycles. The third-order valence-electron chi connectivity index (χ3n) is 7.02. The van der Waals surface area contributed by atoms with E-state index in [1.807, 2.05) is 25.4 Å². The second kappa shape index (κ2) is 6.80. The Morgan fingerprint density at radius 1 is 1.23 bits per heavy atom. The van der Waals surface area contributed by atoms with E-state index in [1.54, 1.807) is 6.26 Å². The summed E-state index contributed by atoms with van der Waals surface area (Å²) in [5.74, 6) is 0.531. The maximum absolute atomic E-state index is 12.1. The molecule has 0 saturated heterocycles. The number of pyridine rings is 1. The number of aryl methyl sites for hydroxylation is 1. The van der Waals surface area contributed by atoms with E-state index in [1.165, 1.54) is 0 Å². The molecule has 8 nitrogen and oxygen atoms in total. The van der Waals surface area contributed by atoms with Crippen LogP contribution in [-0.4, -0.2) is 37.1 Å². The van der Waals surface area contributed by atoms with E-state index in [-0.39, 0.29) is 12.0 Å². The van der Waals surface area contributed by atoms with Gasteiger partial charge in [0.25, 0.3) is 0 Å². The average Bonchev–Trinajstić information content (AvgIpc) is 3.41. The number of nitrogens with zero attached hydrogens (tertiary/aromatic N) is 3. The van der Waals surface area contributed by atoms with Crippen molar-refractivity contribution in [3.63, 3.8) is 0 Å². The lowest BCUT2D eigenvalue weighted by Gasteiger charge is -2.47. The van der Waals surface area contributed by atoms with Crippen molar-refractivity contribution in [2.45, 2.75) is 38.6 Å². The highest BCUT2D eigenvalue weighted by Crippen LogP contribution is 2.46. The third-order valence-corrected chi connectivity index (χ3v) is 7.02. The number of hydrogen-bond acceptors (Lipinski definition) is 6. The van der Waals surface area contributed by atoms with E-state index in [4.69, 9.17) is 14.4 Å². The summed E-state index contributed by atoms with van der Waals surface area (Å²) in [4.78, 5) is 29.2.